The average Bonchev–Trinajstić information content (AvgIpc) is 3.52. The first kappa shape index (κ1) is 21.5. The molecule has 168 valence electrons. The van der Waals surface area contributed by atoms with E-state index in [0.717, 1.165) is 53.1 Å². The molecule has 0 aliphatic carbocycles. The van der Waals surface area contributed by atoms with Gasteiger partial charge in [-0.15, -0.1) is 0 Å². The molecule has 2 N–H and O–H groups in total. The third-order valence-corrected chi connectivity index (χ3v) is 5.75. The number of aromatic nitrogens is 4. The van der Waals surface area contributed by atoms with Crippen LogP contribution in [0.15, 0.2) is 79.0 Å². The summed E-state index contributed by atoms with van der Waals surface area (Å²) in [5, 5.41) is 17.3. The number of ether oxygens (including phenoxy) is 1. The van der Waals surface area contributed by atoms with Gasteiger partial charge in [-0.1, -0.05) is 36.4 Å². The van der Waals surface area contributed by atoms with Gasteiger partial charge in [-0.25, -0.2) is 4.98 Å². The van der Waals surface area contributed by atoms with Crippen LogP contribution in [0.1, 0.15) is 36.2 Å². The molecule has 0 bridgehead atoms. The molecule has 0 aliphatic heterocycles. The number of hydrogen-bond acceptors (Lipinski definition) is 4. The summed E-state index contributed by atoms with van der Waals surface area (Å²) in [5.74, 6) is 2.99. The number of hydrogen-bond donors (Lipinski definition) is 2. The Bertz CT molecular complexity index is 1440. The summed E-state index contributed by atoms with van der Waals surface area (Å²) < 4.78 is 6.08. The molecule has 5 rings (SSSR count). The van der Waals surface area contributed by atoms with Crippen molar-refractivity contribution in [2.24, 2.45) is 0 Å². The van der Waals surface area contributed by atoms with Gasteiger partial charge in [0.05, 0.1) is 6.07 Å². The van der Waals surface area contributed by atoms with Crippen LogP contribution in [0.3, 0.4) is 0 Å². The lowest BCUT2D eigenvalue weighted by molar-refractivity contribution is 0.483. The Kier molecular flexibility index (Phi) is 6.35. The second-order valence-electron chi connectivity index (χ2n) is 8.32. The first-order chi connectivity index (χ1) is 16.8. The Morgan fingerprint density at radius 2 is 1.76 bits per heavy atom. The van der Waals surface area contributed by atoms with Gasteiger partial charge in [0.2, 0.25) is 0 Å². The van der Waals surface area contributed by atoms with Crippen LogP contribution in [-0.2, 0) is 12.8 Å². The average molecular weight is 448 g/mol. The number of nitrogens with one attached hydrogen (secondary N) is 2. The topological polar surface area (TPSA) is 90.4 Å². The lowest BCUT2D eigenvalue weighted by Gasteiger charge is -2.07. The van der Waals surface area contributed by atoms with E-state index in [2.05, 4.69) is 45.5 Å². The minimum Gasteiger partial charge on any atom is -0.457 e. The van der Waals surface area contributed by atoms with Crippen molar-refractivity contribution in [3.8, 4) is 29.0 Å². The molecular formula is C28H25N5O. The monoisotopic (exact) mass is 447 g/mol. The molecule has 0 atom stereocenters. The number of nitrogens with zero attached hydrogens (tertiary/aromatic N) is 3. The van der Waals surface area contributed by atoms with Crippen molar-refractivity contribution in [3.63, 3.8) is 0 Å². The van der Waals surface area contributed by atoms with Gasteiger partial charge < -0.3 is 9.72 Å². The van der Waals surface area contributed by atoms with Gasteiger partial charge in [-0.2, -0.15) is 10.4 Å². The Labute approximate surface area is 198 Å². The zero-order valence-corrected chi connectivity index (χ0v) is 18.8. The SMILES string of the molecule is N#CCCCCc1cccc(Cc2nc(-c3cccc(Oc4ccc5[nH]ccc5c4)c3)n[nH]2)c1. The van der Waals surface area contributed by atoms with Gasteiger partial charge in [0.15, 0.2) is 5.82 Å². The maximum atomic E-state index is 8.69. The van der Waals surface area contributed by atoms with Crippen LogP contribution in [-0.4, -0.2) is 20.2 Å². The van der Waals surface area contributed by atoms with Crippen molar-refractivity contribution in [3.05, 3.63) is 95.9 Å². The zero-order chi connectivity index (χ0) is 23.2. The molecule has 6 heteroatoms. The van der Waals surface area contributed by atoms with Gasteiger partial charge in [0, 0.05) is 35.5 Å². The predicted octanol–water partition coefficient (Wildman–Crippen LogP) is 6.57. The third kappa shape index (κ3) is 5.16. The Hall–Kier alpha value is -4.37. The number of H-pyrrole nitrogens is 2. The molecular weight excluding hydrogens is 422 g/mol. The predicted molar refractivity (Wildman–Crippen MR) is 133 cm³/mol. The van der Waals surface area contributed by atoms with Gasteiger partial charge in [-0.05, 0) is 66.8 Å². The van der Waals surface area contributed by atoms with Crippen molar-refractivity contribution in [1.29, 1.82) is 5.26 Å². The normalized spacial score (nSPS) is 10.9. The van der Waals surface area contributed by atoms with E-state index in [4.69, 9.17) is 15.0 Å². The second-order valence-corrected chi connectivity index (χ2v) is 8.32. The molecule has 0 fully saturated rings. The summed E-state index contributed by atoms with van der Waals surface area (Å²) in [4.78, 5) is 7.90. The molecule has 6 nitrogen and oxygen atoms in total. The fraction of sp³-hybridized carbons (Fsp3) is 0.179. The van der Waals surface area contributed by atoms with Crippen molar-refractivity contribution in [2.75, 3.05) is 0 Å². The van der Waals surface area contributed by atoms with Crippen molar-refractivity contribution in [2.45, 2.75) is 32.1 Å². The summed E-state index contributed by atoms with van der Waals surface area (Å²) in [6.07, 6.45) is 6.18. The maximum Gasteiger partial charge on any atom is 0.181 e. The Morgan fingerprint density at radius 3 is 2.71 bits per heavy atom. The summed E-state index contributed by atoms with van der Waals surface area (Å²) in [6, 6.07) is 26.6. The van der Waals surface area contributed by atoms with E-state index in [1.165, 1.54) is 11.1 Å². The molecule has 5 aromatic rings. The van der Waals surface area contributed by atoms with Gasteiger partial charge >= 0.3 is 0 Å². The van der Waals surface area contributed by atoms with E-state index in [1.54, 1.807) is 0 Å². The summed E-state index contributed by atoms with van der Waals surface area (Å²) >= 11 is 0. The zero-order valence-electron chi connectivity index (χ0n) is 18.8. The first-order valence-electron chi connectivity index (χ1n) is 11.5. The molecule has 0 aliphatic rings. The molecule has 0 saturated carbocycles. The molecule has 0 amide bonds. The lowest BCUT2D eigenvalue weighted by Crippen LogP contribution is -1.93. The summed E-state index contributed by atoms with van der Waals surface area (Å²) in [5.41, 5.74) is 4.46. The van der Waals surface area contributed by atoms with E-state index >= 15 is 0 Å². The Balaban J connectivity index is 1.26. The van der Waals surface area contributed by atoms with Gasteiger partial charge in [-0.3, -0.25) is 5.10 Å². The highest BCUT2D eigenvalue weighted by molar-refractivity contribution is 5.80. The fourth-order valence-electron chi connectivity index (χ4n) is 4.05. The Morgan fingerprint density at radius 1 is 0.882 bits per heavy atom. The molecule has 3 aromatic carbocycles. The number of fused-ring (bicyclic) bond motifs is 1. The van der Waals surface area contributed by atoms with Crippen LogP contribution in [0.5, 0.6) is 11.5 Å². The number of rotatable bonds is 9. The van der Waals surface area contributed by atoms with Crippen molar-refractivity contribution in [1.82, 2.24) is 20.2 Å². The van der Waals surface area contributed by atoms with E-state index < -0.39 is 0 Å². The highest BCUT2D eigenvalue weighted by Gasteiger charge is 2.09. The molecule has 2 heterocycles. The lowest BCUT2D eigenvalue weighted by atomic mass is 10.0. The van der Waals surface area contributed by atoms with Crippen molar-refractivity contribution < 1.29 is 4.74 Å². The molecule has 0 unspecified atom stereocenters. The quantitative estimate of drug-likeness (QED) is 0.250. The number of benzene rings is 3. The third-order valence-electron chi connectivity index (χ3n) is 5.75. The van der Waals surface area contributed by atoms with Crippen LogP contribution in [0.4, 0.5) is 0 Å². The minimum absolute atomic E-state index is 0.620. The molecule has 0 spiro atoms. The van der Waals surface area contributed by atoms with E-state index in [-0.39, 0.29) is 0 Å². The van der Waals surface area contributed by atoms with Crippen LogP contribution in [0.2, 0.25) is 0 Å². The minimum atomic E-state index is 0.620. The first-order valence-corrected chi connectivity index (χ1v) is 11.5. The fourth-order valence-corrected chi connectivity index (χ4v) is 4.05. The van der Waals surface area contributed by atoms with Gasteiger partial charge in [0.25, 0.3) is 0 Å². The highest BCUT2D eigenvalue weighted by Crippen LogP contribution is 2.28. The summed E-state index contributed by atoms with van der Waals surface area (Å²) in [7, 11) is 0. The van der Waals surface area contributed by atoms with Crippen molar-refractivity contribution >= 4 is 10.9 Å². The van der Waals surface area contributed by atoms with Crippen LogP contribution >= 0.6 is 0 Å². The molecule has 34 heavy (non-hydrogen) atoms. The van der Waals surface area contributed by atoms with Crippen LogP contribution in [0, 0.1) is 11.3 Å². The maximum absolute atomic E-state index is 8.69. The second kappa shape index (κ2) is 10.1. The standard InChI is InChI=1S/C28H25N5O/c29-14-3-1-2-6-20-7-4-8-21(16-20)17-27-31-28(33-32-27)23-9-5-10-24(19-23)34-25-11-12-26-22(18-25)13-15-30-26/h4-5,7-13,15-16,18-19,30H,1-3,6,17H2,(H,31,32,33). The highest BCUT2D eigenvalue weighted by atomic mass is 16.5. The molecule has 2 aromatic heterocycles. The summed E-state index contributed by atoms with van der Waals surface area (Å²) in [6.45, 7) is 0. The number of unbranched alkanes of at least 4 members (excludes halogenated alkanes) is 2. The van der Waals surface area contributed by atoms with E-state index in [1.807, 2.05) is 54.7 Å². The number of nitriles is 1. The van der Waals surface area contributed by atoms with Gasteiger partial charge in [0.1, 0.15) is 17.3 Å². The van der Waals surface area contributed by atoms with E-state index in [0.29, 0.717) is 18.7 Å². The smallest absolute Gasteiger partial charge is 0.181 e. The number of aryl methyl sites for hydroxylation is 1. The van der Waals surface area contributed by atoms with E-state index in [9.17, 15) is 0 Å². The van der Waals surface area contributed by atoms with Crippen LogP contribution in [0.25, 0.3) is 22.3 Å². The molecule has 0 radical (unpaired) electrons. The molecule has 0 saturated heterocycles. The van der Waals surface area contributed by atoms with Crippen LogP contribution < -0.4 is 4.74 Å². The number of aromatic amines is 2. The largest absolute Gasteiger partial charge is 0.457 e.